The molecule has 2 rings (SSSR count). The van der Waals surface area contributed by atoms with Gasteiger partial charge in [0.25, 0.3) is 5.56 Å². The molecular formula is C11H11ClFIN2O4. The number of nitrogens with one attached hydrogen (secondary N) is 1. The van der Waals surface area contributed by atoms with E-state index in [0.717, 1.165) is 4.57 Å². The second-order valence-corrected chi connectivity index (χ2v) is 5.26. The van der Waals surface area contributed by atoms with Gasteiger partial charge >= 0.3 is 5.69 Å². The van der Waals surface area contributed by atoms with Crippen molar-refractivity contribution in [2.45, 2.75) is 24.9 Å². The highest BCUT2D eigenvalue weighted by Gasteiger charge is 2.36. The third-order valence-corrected chi connectivity index (χ3v) is 4.28. The maximum atomic E-state index is 13.5. The van der Waals surface area contributed by atoms with Gasteiger partial charge in [-0.05, 0) is 4.08 Å². The molecule has 3 unspecified atom stereocenters. The number of rotatable bonds is 3. The van der Waals surface area contributed by atoms with E-state index < -0.39 is 36.4 Å². The minimum absolute atomic E-state index is 0.0812. The average molecular weight is 417 g/mol. The van der Waals surface area contributed by atoms with E-state index in [1.165, 1.54) is 10.3 Å². The van der Waals surface area contributed by atoms with E-state index in [1.807, 2.05) is 22.6 Å². The van der Waals surface area contributed by atoms with Gasteiger partial charge in [0, 0.05) is 12.6 Å². The number of nitrogens with zero attached hydrogens (tertiary/aromatic N) is 1. The molecular weight excluding hydrogens is 405 g/mol. The van der Waals surface area contributed by atoms with Gasteiger partial charge in [0.05, 0.1) is 17.2 Å². The molecule has 2 N–H and O–H groups in total. The molecule has 3 atom stereocenters. The predicted octanol–water partition coefficient (Wildman–Crippen LogP) is 1.13. The summed E-state index contributed by atoms with van der Waals surface area (Å²) in [7, 11) is 0. The minimum Gasteiger partial charge on any atom is -0.394 e. The Balaban J connectivity index is 2.43. The predicted molar refractivity (Wildman–Crippen MR) is 79.7 cm³/mol. The summed E-state index contributed by atoms with van der Waals surface area (Å²) < 4.78 is 21.3. The summed E-state index contributed by atoms with van der Waals surface area (Å²) in [5, 5.41) is 9.12. The lowest BCUT2D eigenvalue weighted by atomic mass is 10.2. The monoisotopic (exact) mass is 416 g/mol. The molecule has 0 aromatic carbocycles. The van der Waals surface area contributed by atoms with E-state index in [2.05, 4.69) is 4.98 Å². The molecule has 1 aromatic rings. The molecule has 1 aromatic heterocycles. The zero-order valence-electron chi connectivity index (χ0n) is 10.1. The molecule has 9 heteroatoms. The molecule has 110 valence electrons. The molecule has 0 bridgehead atoms. The van der Waals surface area contributed by atoms with Crippen LogP contribution in [-0.4, -0.2) is 33.5 Å². The summed E-state index contributed by atoms with van der Waals surface area (Å²) in [5.41, 5.74) is -1.25. The Morgan fingerprint density at radius 1 is 1.70 bits per heavy atom. The quantitative estimate of drug-likeness (QED) is 0.724. The van der Waals surface area contributed by atoms with Crippen LogP contribution < -0.4 is 11.2 Å². The van der Waals surface area contributed by atoms with Gasteiger partial charge in [0.2, 0.25) is 0 Å². The molecule has 1 fully saturated rings. The highest BCUT2D eigenvalue weighted by molar-refractivity contribution is 14.1. The van der Waals surface area contributed by atoms with E-state index in [-0.39, 0.29) is 17.0 Å². The van der Waals surface area contributed by atoms with Crippen molar-refractivity contribution in [2.75, 3.05) is 6.61 Å². The smallest absolute Gasteiger partial charge is 0.330 e. The van der Waals surface area contributed by atoms with Crippen molar-refractivity contribution < 1.29 is 14.2 Å². The van der Waals surface area contributed by atoms with Crippen LogP contribution in [-0.2, 0) is 4.74 Å². The maximum absolute atomic E-state index is 13.5. The molecule has 20 heavy (non-hydrogen) atoms. The lowest BCUT2D eigenvalue weighted by Gasteiger charge is -2.15. The Morgan fingerprint density at radius 3 is 2.95 bits per heavy atom. The fraction of sp³-hybridized carbons (Fsp3) is 0.455. The number of aliphatic hydroxyl groups is 1. The fourth-order valence-electron chi connectivity index (χ4n) is 1.95. The molecule has 1 aliphatic heterocycles. The van der Waals surface area contributed by atoms with Crippen LogP contribution in [0.15, 0.2) is 19.9 Å². The molecule has 0 spiro atoms. The normalized spacial score (nSPS) is 27.0. The van der Waals surface area contributed by atoms with Gasteiger partial charge in [-0.2, -0.15) is 0 Å². The summed E-state index contributed by atoms with van der Waals surface area (Å²) in [5.74, 6) is 0. The Morgan fingerprint density at radius 2 is 2.40 bits per heavy atom. The van der Waals surface area contributed by atoms with Crippen molar-refractivity contribution >= 4 is 39.2 Å². The summed E-state index contributed by atoms with van der Waals surface area (Å²) in [6, 6.07) is 0. The number of aromatic nitrogens is 2. The van der Waals surface area contributed by atoms with Gasteiger partial charge in [0.15, 0.2) is 0 Å². The molecule has 0 radical (unpaired) electrons. The zero-order chi connectivity index (χ0) is 14.9. The van der Waals surface area contributed by atoms with E-state index in [4.69, 9.17) is 21.4 Å². The van der Waals surface area contributed by atoms with E-state index >= 15 is 0 Å². The molecule has 0 saturated carbocycles. The SMILES string of the molecule is O=c1[nH]c(=O)n(C2CC(F)C(CO)O2)cc1/C(Cl)=C/I. The topological polar surface area (TPSA) is 84.3 Å². The lowest BCUT2D eigenvalue weighted by molar-refractivity contribution is -0.0356. The molecule has 6 nitrogen and oxygen atoms in total. The lowest BCUT2D eigenvalue weighted by Crippen LogP contribution is -2.33. The number of ether oxygens (including phenoxy) is 1. The largest absolute Gasteiger partial charge is 0.394 e. The zero-order valence-corrected chi connectivity index (χ0v) is 13.0. The van der Waals surface area contributed by atoms with Crippen molar-refractivity contribution in [1.29, 1.82) is 0 Å². The second-order valence-electron chi connectivity index (χ2n) is 4.23. The van der Waals surface area contributed by atoms with Crippen molar-refractivity contribution in [3.8, 4) is 0 Å². The van der Waals surface area contributed by atoms with Crippen LogP contribution in [0.5, 0.6) is 0 Å². The highest BCUT2D eigenvalue weighted by atomic mass is 127. The third-order valence-electron chi connectivity index (χ3n) is 2.97. The number of hydrogen-bond donors (Lipinski definition) is 2. The number of H-pyrrole nitrogens is 1. The van der Waals surface area contributed by atoms with Gasteiger partial charge in [-0.3, -0.25) is 14.3 Å². The van der Waals surface area contributed by atoms with Crippen molar-refractivity contribution in [2.24, 2.45) is 0 Å². The number of hydrogen-bond acceptors (Lipinski definition) is 4. The van der Waals surface area contributed by atoms with Crippen LogP contribution in [0.1, 0.15) is 18.2 Å². The summed E-state index contributed by atoms with van der Waals surface area (Å²) in [6.07, 6.45) is -2.08. The number of halogens is 3. The van der Waals surface area contributed by atoms with Crippen molar-refractivity contribution in [3.63, 3.8) is 0 Å². The van der Waals surface area contributed by atoms with Crippen LogP contribution in [0.4, 0.5) is 4.39 Å². The average Bonchev–Trinajstić information content (AvgIpc) is 2.79. The van der Waals surface area contributed by atoms with Crippen LogP contribution in [0.3, 0.4) is 0 Å². The Labute approximate surface area is 131 Å². The van der Waals surface area contributed by atoms with Gasteiger partial charge in [-0.15, -0.1) is 0 Å². The fourth-order valence-corrected chi connectivity index (χ4v) is 2.42. The van der Waals surface area contributed by atoms with Crippen LogP contribution >= 0.6 is 34.2 Å². The number of aliphatic hydroxyl groups excluding tert-OH is 1. The van der Waals surface area contributed by atoms with Crippen molar-refractivity contribution in [1.82, 2.24) is 9.55 Å². The summed E-state index contributed by atoms with van der Waals surface area (Å²) >= 11 is 7.73. The first kappa shape index (κ1) is 15.7. The van der Waals surface area contributed by atoms with Crippen LogP contribution in [0.2, 0.25) is 0 Å². The van der Waals surface area contributed by atoms with Gasteiger partial charge in [-0.25, -0.2) is 9.18 Å². The maximum Gasteiger partial charge on any atom is 0.330 e. The minimum atomic E-state index is -1.37. The molecule has 1 aliphatic rings. The van der Waals surface area contributed by atoms with E-state index in [1.54, 1.807) is 0 Å². The number of alkyl halides is 1. The molecule has 0 amide bonds. The van der Waals surface area contributed by atoms with E-state index in [9.17, 15) is 14.0 Å². The van der Waals surface area contributed by atoms with Gasteiger partial charge in [-0.1, -0.05) is 34.2 Å². The first-order valence-electron chi connectivity index (χ1n) is 5.70. The van der Waals surface area contributed by atoms with Gasteiger partial charge < -0.3 is 9.84 Å². The molecule has 2 heterocycles. The highest BCUT2D eigenvalue weighted by Crippen LogP contribution is 2.30. The molecule has 1 saturated heterocycles. The first-order valence-corrected chi connectivity index (χ1v) is 7.32. The Bertz CT molecular complexity index is 644. The standard InChI is InChI=1S/C11H11ClFIN2O4/c12-6(2-14)5-3-16(11(19)15-10(5)18)9-1-7(13)8(4-17)20-9/h2-3,7-9,17H,1,4H2,(H,15,18,19)/b6-2-. The van der Waals surface area contributed by atoms with Crippen LogP contribution in [0, 0.1) is 0 Å². The molecule has 0 aliphatic carbocycles. The second kappa shape index (κ2) is 6.37. The Hall–Kier alpha value is -0.710. The summed E-state index contributed by atoms with van der Waals surface area (Å²) in [4.78, 5) is 25.5. The van der Waals surface area contributed by atoms with Gasteiger partial charge in [0.1, 0.15) is 18.5 Å². The Kier molecular flexibility index (Phi) is 4.99. The number of aromatic amines is 1. The van der Waals surface area contributed by atoms with Crippen LogP contribution in [0.25, 0.3) is 5.03 Å². The van der Waals surface area contributed by atoms with Crippen molar-refractivity contribution in [3.05, 3.63) is 36.7 Å². The summed E-state index contributed by atoms with van der Waals surface area (Å²) in [6.45, 7) is -0.475. The van der Waals surface area contributed by atoms with E-state index in [0.29, 0.717) is 0 Å². The first-order chi connectivity index (χ1) is 9.47. The third kappa shape index (κ3) is 2.97.